The average Bonchev–Trinajstić information content (AvgIpc) is 3.23. The Hall–Kier alpha value is -3.49. The van der Waals surface area contributed by atoms with Crippen LogP contribution in [0.5, 0.6) is 0 Å². The summed E-state index contributed by atoms with van der Waals surface area (Å²) in [6.45, 7) is 2.03. The molecule has 2 aromatic heterocycles. The number of hydrogen-bond acceptors (Lipinski definition) is 6. The third-order valence-electron chi connectivity index (χ3n) is 4.43. The maximum Gasteiger partial charge on any atom is 0.250 e. The van der Waals surface area contributed by atoms with Crippen molar-refractivity contribution in [3.05, 3.63) is 89.2 Å². The molecule has 0 fully saturated rings. The maximum atomic E-state index is 12.3. The molecule has 9 heteroatoms. The molecule has 0 saturated heterocycles. The van der Waals surface area contributed by atoms with E-state index in [1.54, 1.807) is 12.3 Å². The van der Waals surface area contributed by atoms with Crippen molar-refractivity contribution in [2.45, 2.75) is 12.1 Å². The molecule has 32 heavy (non-hydrogen) atoms. The number of benzene rings is 2. The van der Waals surface area contributed by atoms with E-state index in [2.05, 4.69) is 25.7 Å². The number of carbonyl (C=O) groups excluding carboxylic acids is 1. The number of aromatic nitrogens is 4. The number of nitrogens with zero attached hydrogens (tertiary/aromatic N) is 5. The second-order valence-corrected chi connectivity index (χ2v) is 8.20. The second kappa shape index (κ2) is 10.2. The lowest BCUT2D eigenvalue weighted by atomic mass is 10.2. The van der Waals surface area contributed by atoms with E-state index in [9.17, 15) is 4.79 Å². The largest absolute Gasteiger partial charge is 0.272 e. The highest BCUT2D eigenvalue weighted by Gasteiger charge is 2.17. The Bertz CT molecular complexity index is 1220. The highest BCUT2D eigenvalue weighted by Crippen LogP contribution is 2.28. The predicted molar refractivity (Wildman–Crippen MR) is 127 cm³/mol. The van der Waals surface area contributed by atoms with Crippen LogP contribution < -0.4 is 5.43 Å². The van der Waals surface area contributed by atoms with E-state index in [4.69, 9.17) is 11.6 Å². The van der Waals surface area contributed by atoms with Crippen molar-refractivity contribution in [2.24, 2.45) is 5.10 Å². The molecule has 0 aliphatic heterocycles. The number of pyridine rings is 1. The van der Waals surface area contributed by atoms with Gasteiger partial charge in [0.2, 0.25) is 0 Å². The summed E-state index contributed by atoms with van der Waals surface area (Å²) in [4.78, 5) is 16.4. The summed E-state index contributed by atoms with van der Waals surface area (Å²) in [6, 6.07) is 20.9. The van der Waals surface area contributed by atoms with E-state index in [0.717, 1.165) is 16.8 Å². The zero-order valence-corrected chi connectivity index (χ0v) is 18.7. The van der Waals surface area contributed by atoms with Gasteiger partial charge in [-0.15, -0.1) is 10.2 Å². The van der Waals surface area contributed by atoms with Crippen LogP contribution in [0.4, 0.5) is 0 Å². The third kappa shape index (κ3) is 5.40. The molecule has 2 heterocycles. The predicted octanol–water partition coefficient (Wildman–Crippen LogP) is 4.53. The molecule has 4 aromatic rings. The number of amides is 1. The molecule has 0 radical (unpaired) electrons. The summed E-state index contributed by atoms with van der Waals surface area (Å²) < 4.78 is 1.93. The van der Waals surface area contributed by atoms with Gasteiger partial charge in [0.25, 0.3) is 5.91 Å². The highest BCUT2D eigenvalue weighted by molar-refractivity contribution is 7.99. The first-order chi connectivity index (χ1) is 15.6. The Morgan fingerprint density at radius 1 is 1.09 bits per heavy atom. The molecule has 4 rings (SSSR count). The number of nitrogens with one attached hydrogen (secondary N) is 1. The molecule has 0 aliphatic carbocycles. The van der Waals surface area contributed by atoms with Gasteiger partial charge in [0.05, 0.1) is 17.7 Å². The SMILES string of the molecule is Cc1ccc(-n2c(SCC(=O)N/N=C\c3ccccn3)nnc2-c2ccc(Cl)cc2)cc1. The minimum absolute atomic E-state index is 0.129. The van der Waals surface area contributed by atoms with Gasteiger partial charge < -0.3 is 0 Å². The standard InChI is InChI=1S/C23H19ClN6OS/c1-16-5-11-20(12-6-16)30-22(17-7-9-18(24)10-8-17)28-29-23(30)32-15-21(31)27-26-14-19-4-2-3-13-25-19/h2-14H,15H2,1H3,(H,27,31)/b26-14-. The molecule has 160 valence electrons. The number of halogens is 1. The van der Waals surface area contributed by atoms with E-state index < -0.39 is 0 Å². The summed E-state index contributed by atoms with van der Waals surface area (Å²) in [6.07, 6.45) is 3.16. The minimum atomic E-state index is -0.256. The molecule has 0 saturated carbocycles. The van der Waals surface area contributed by atoms with Crippen molar-refractivity contribution in [1.29, 1.82) is 0 Å². The summed E-state index contributed by atoms with van der Waals surface area (Å²) in [5.74, 6) is 0.541. The monoisotopic (exact) mass is 462 g/mol. The molecule has 1 amide bonds. The van der Waals surface area contributed by atoms with Gasteiger partial charge in [-0.25, -0.2) is 5.43 Å². The molecular formula is C23H19ClN6OS. The van der Waals surface area contributed by atoms with Crippen LogP contribution >= 0.6 is 23.4 Å². The van der Waals surface area contributed by atoms with Crippen molar-refractivity contribution < 1.29 is 4.79 Å². The number of hydrogen-bond donors (Lipinski definition) is 1. The first kappa shape index (κ1) is 21.7. The van der Waals surface area contributed by atoms with Gasteiger partial charge in [-0.05, 0) is 55.5 Å². The quantitative estimate of drug-likeness (QED) is 0.248. The lowest BCUT2D eigenvalue weighted by Gasteiger charge is -2.10. The highest BCUT2D eigenvalue weighted by atomic mass is 35.5. The average molecular weight is 463 g/mol. The van der Waals surface area contributed by atoms with Crippen molar-refractivity contribution in [2.75, 3.05) is 5.75 Å². The first-order valence-electron chi connectivity index (χ1n) is 9.74. The van der Waals surface area contributed by atoms with Crippen LogP contribution in [-0.4, -0.2) is 37.6 Å². The topological polar surface area (TPSA) is 85.1 Å². The Labute approximate surface area is 194 Å². The number of rotatable bonds is 7. The maximum absolute atomic E-state index is 12.3. The molecule has 7 nitrogen and oxygen atoms in total. The van der Waals surface area contributed by atoms with E-state index in [0.29, 0.717) is 21.7 Å². The van der Waals surface area contributed by atoms with Crippen LogP contribution in [0, 0.1) is 6.92 Å². The third-order valence-corrected chi connectivity index (χ3v) is 5.62. The van der Waals surface area contributed by atoms with Gasteiger partial charge in [0.15, 0.2) is 11.0 Å². The fourth-order valence-corrected chi connectivity index (χ4v) is 3.73. The number of aryl methyl sites for hydroxylation is 1. The van der Waals surface area contributed by atoms with Crippen LogP contribution in [-0.2, 0) is 4.79 Å². The van der Waals surface area contributed by atoms with Crippen molar-refractivity contribution in [3.8, 4) is 17.1 Å². The second-order valence-electron chi connectivity index (χ2n) is 6.82. The summed E-state index contributed by atoms with van der Waals surface area (Å²) in [5, 5.41) is 13.9. The van der Waals surface area contributed by atoms with Crippen LogP contribution in [0.1, 0.15) is 11.3 Å². The van der Waals surface area contributed by atoms with E-state index in [1.807, 2.05) is 72.2 Å². The van der Waals surface area contributed by atoms with Gasteiger partial charge in [-0.2, -0.15) is 5.10 Å². The van der Waals surface area contributed by atoms with E-state index in [1.165, 1.54) is 18.0 Å². The number of carbonyl (C=O) groups is 1. The van der Waals surface area contributed by atoms with Gasteiger partial charge in [-0.3, -0.25) is 14.3 Å². The smallest absolute Gasteiger partial charge is 0.250 e. The molecule has 1 N–H and O–H groups in total. The zero-order valence-electron chi connectivity index (χ0n) is 17.1. The van der Waals surface area contributed by atoms with E-state index >= 15 is 0 Å². The normalized spacial score (nSPS) is 11.1. The molecule has 0 unspecified atom stereocenters. The zero-order chi connectivity index (χ0) is 22.3. The molecular weight excluding hydrogens is 444 g/mol. The fourth-order valence-electron chi connectivity index (χ4n) is 2.86. The Balaban J connectivity index is 1.53. The molecule has 0 bridgehead atoms. The lowest BCUT2D eigenvalue weighted by molar-refractivity contribution is -0.118. The van der Waals surface area contributed by atoms with Crippen molar-refractivity contribution >= 4 is 35.5 Å². The Morgan fingerprint density at radius 2 is 1.88 bits per heavy atom. The van der Waals surface area contributed by atoms with Gasteiger partial charge in [-0.1, -0.05) is 47.1 Å². The van der Waals surface area contributed by atoms with Crippen LogP contribution in [0.25, 0.3) is 17.1 Å². The number of hydrazone groups is 1. The molecule has 0 aliphatic rings. The molecule has 0 atom stereocenters. The minimum Gasteiger partial charge on any atom is -0.272 e. The van der Waals surface area contributed by atoms with E-state index in [-0.39, 0.29) is 11.7 Å². The van der Waals surface area contributed by atoms with Crippen molar-refractivity contribution in [3.63, 3.8) is 0 Å². The lowest BCUT2D eigenvalue weighted by Crippen LogP contribution is -2.20. The summed E-state index contributed by atoms with van der Waals surface area (Å²) in [5.41, 5.74) is 6.10. The molecule has 2 aromatic carbocycles. The Morgan fingerprint density at radius 3 is 2.59 bits per heavy atom. The van der Waals surface area contributed by atoms with Crippen LogP contribution in [0.2, 0.25) is 5.02 Å². The van der Waals surface area contributed by atoms with Crippen LogP contribution in [0.3, 0.4) is 0 Å². The van der Waals surface area contributed by atoms with Gasteiger partial charge in [0, 0.05) is 22.5 Å². The van der Waals surface area contributed by atoms with Gasteiger partial charge in [0.1, 0.15) is 0 Å². The Kier molecular flexibility index (Phi) is 6.94. The summed E-state index contributed by atoms with van der Waals surface area (Å²) in [7, 11) is 0. The summed E-state index contributed by atoms with van der Waals surface area (Å²) >= 11 is 7.32. The van der Waals surface area contributed by atoms with Gasteiger partial charge >= 0.3 is 0 Å². The first-order valence-corrected chi connectivity index (χ1v) is 11.1. The number of thioether (sulfide) groups is 1. The fraction of sp³-hybridized carbons (Fsp3) is 0.0870. The van der Waals surface area contributed by atoms with Crippen molar-refractivity contribution in [1.82, 2.24) is 25.2 Å². The van der Waals surface area contributed by atoms with Crippen LogP contribution in [0.15, 0.2) is 83.2 Å². The molecule has 0 spiro atoms.